The first-order valence-electron chi connectivity index (χ1n) is 8.29. The third kappa shape index (κ3) is 4.85. The Morgan fingerprint density at radius 3 is 2.67 bits per heavy atom. The molecule has 1 aliphatic rings. The molecule has 6 nitrogen and oxygen atoms in total. The van der Waals surface area contributed by atoms with E-state index in [1.165, 1.54) is 12.1 Å². The van der Waals surface area contributed by atoms with Gasteiger partial charge in [-0.3, -0.25) is 4.79 Å². The summed E-state index contributed by atoms with van der Waals surface area (Å²) in [5.41, 5.74) is 14.5. The Kier molecular flexibility index (Phi) is 5.75. The summed E-state index contributed by atoms with van der Waals surface area (Å²) < 4.78 is 13.9. The van der Waals surface area contributed by atoms with Gasteiger partial charge in [-0.15, -0.1) is 0 Å². The van der Waals surface area contributed by atoms with Crippen molar-refractivity contribution in [1.29, 1.82) is 0 Å². The SMILES string of the molecule is NC1=NC(CNC(=O)Cc2cccc(N)c2)C(Br)=C(c2ccc(F)cc2)N1. The van der Waals surface area contributed by atoms with Crippen LogP contribution in [0.25, 0.3) is 5.70 Å². The summed E-state index contributed by atoms with van der Waals surface area (Å²) in [5, 5.41) is 5.84. The zero-order valence-electron chi connectivity index (χ0n) is 14.4. The first kappa shape index (κ1) is 18.9. The lowest BCUT2D eigenvalue weighted by Gasteiger charge is -2.24. The van der Waals surface area contributed by atoms with E-state index in [9.17, 15) is 9.18 Å². The molecular weight excluding hydrogens is 413 g/mol. The number of carbonyl (C=O) groups excluding carboxylic acids is 1. The second-order valence-electron chi connectivity index (χ2n) is 6.11. The summed E-state index contributed by atoms with van der Waals surface area (Å²) in [7, 11) is 0. The molecule has 2 aromatic rings. The fourth-order valence-corrected chi connectivity index (χ4v) is 3.33. The fraction of sp³-hybridized carbons (Fsp3) is 0.158. The number of carbonyl (C=O) groups is 1. The Balaban J connectivity index is 1.68. The molecule has 140 valence electrons. The molecule has 27 heavy (non-hydrogen) atoms. The van der Waals surface area contributed by atoms with Crippen LogP contribution in [0.2, 0.25) is 0 Å². The lowest BCUT2D eigenvalue weighted by Crippen LogP contribution is -2.41. The number of rotatable bonds is 5. The van der Waals surface area contributed by atoms with Gasteiger partial charge in [0.15, 0.2) is 5.96 Å². The van der Waals surface area contributed by atoms with E-state index in [1.54, 1.807) is 24.3 Å². The minimum atomic E-state index is -0.379. The van der Waals surface area contributed by atoms with Crippen LogP contribution in [0.15, 0.2) is 58.0 Å². The maximum atomic E-state index is 13.2. The molecule has 0 bridgehead atoms. The first-order chi connectivity index (χ1) is 12.9. The Morgan fingerprint density at radius 1 is 1.22 bits per heavy atom. The zero-order valence-corrected chi connectivity index (χ0v) is 16.0. The molecule has 2 aromatic carbocycles. The van der Waals surface area contributed by atoms with Crippen LogP contribution >= 0.6 is 15.9 Å². The van der Waals surface area contributed by atoms with Gasteiger partial charge in [-0.1, -0.05) is 28.1 Å². The monoisotopic (exact) mass is 431 g/mol. The predicted octanol–water partition coefficient (Wildman–Crippen LogP) is 2.12. The third-order valence-corrected chi connectivity index (χ3v) is 4.95. The van der Waals surface area contributed by atoms with Gasteiger partial charge in [-0.2, -0.15) is 0 Å². The smallest absolute Gasteiger partial charge is 0.224 e. The van der Waals surface area contributed by atoms with E-state index >= 15 is 0 Å². The summed E-state index contributed by atoms with van der Waals surface area (Å²) in [6.07, 6.45) is 0.224. The molecule has 0 saturated heterocycles. The van der Waals surface area contributed by atoms with Gasteiger partial charge < -0.3 is 22.1 Å². The number of nitrogen functional groups attached to an aromatic ring is 1. The predicted molar refractivity (Wildman–Crippen MR) is 108 cm³/mol. The van der Waals surface area contributed by atoms with E-state index in [1.807, 2.05) is 12.1 Å². The molecule has 1 amide bonds. The second-order valence-corrected chi connectivity index (χ2v) is 6.97. The summed E-state index contributed by atoms with van der Waals surface area (Å²) in [6.45, 7) is 0.273. The van der Waals surface area contributed by atoms with E-state index in [4.69, 9.17) is 11.5 Å². The van der Waals surface area contributed by atoms with Crippen molar-refractivity contribution < 1.29 is 9.18 Å². The van der Waals surface area contributed by atoms with Crippen LogP contribution in [0.1, 0.15) is 11.1 Å². The summed E-state index contributed by atoms with van der Waals surface area (Å²) >= 11 is 3.52. The highest BCUT2D eigenvalue weighted by molar-refractivity contribution is 9.11. The Morgan fingerprint density at radius 2 is 1.96 bits per heavy atom. The standard InChI is InChI=1S/C19H19BrFN5O/c20-17-15(10-24-16(27)9-11-2-1-3-14(22)8-11)25-19(23)26-18(17)12-4-6-13(21)7-5-12/h1-8,15H,9-10,22H2,(H,24,27)(H3,23,25,26). The number of amides is 1. The Hall–Kier alpha value is -2.87. The maximum absolute atomic E-state index is 13.2. The average Bonchev–Trinajstić information content (AvgIpc) is 2.63. The van der Waals surface area contributed by atoms with Gasteiger partial charge in [-0.05, 0) is 47.5 Å². The molecule has 0 aliphatic carbocycles. The number of halogens is 2. The summed E-state index contributed by atoms with van der Waals surface area (Å²) in [4.78, 5) is 16.5. The number of hydrogen-bond acceptors (Lipinski definition) is 5. The van der Waals surface area contributed by atoms with Crippen LogP contribution in [0.5, 0.6) is 0 Å². The van der Waals surface area contributed by atoms with Gasteiger partial charge in [0.2, 0.25) is 5.91 Å². The van der Waals surface area contributed by atoms with Crippen LogP contribution in [0.3, 0.4) is 0 Å². The van der Waals surface area contributed by atoms with Crippen LogP contribution in [-0.2, 0) is 11.2 Å². The van der Waals surface area contributed by atoms with Crippen molar-refractivity contribution in [1.82, 2.24) is 10.6 Å². The maximum Gasteiger partial charge on any atom is 0.224 e. The Bertz CT molecular complexity index is 911. The van der Waals surface area contributed by atoms with Crippen molar-refractivity contribution in [3.05, 3.63) is 70.0 Å². The number of nitrogens with zero attached hydrogens (tertiary/aromatic N) is 1. The lowest BCUT2D eigenvalue weighted by molar-refractivity contribution is -0.120. The van der Waals surface area contributed by atoms with Crippen molar-refractivity contribution in [3.63, 3.8) is 0 Å². The third-order valence-electron chi connectivity index (χ3n) is 4.02. The number of nitrogens with two attached hydrogens (primary N) is 2. The number of hydrogen-bond donors (Lipinski definition) is 4. The minimum Gasteiger partial charge on any atom is -0.399 e. The molecule has 0 spiro atoms. The van der Waals surface area contributed by atoms with Gasteiger partial charge in [-0.25, -0.2) is 9.38 Å². The number of guanidine groups is 1. The zero-order chi connectivity index (χ0) is 19.4. The second kappa shape index (κ2) is 8.22. The minimum absolute atomic E-state index is 0.142. The molecule has 1 aliphatic heterocycles. The number of nitrogens with one attached hydrogen (secondary N) is 2. The molecule has 0 aromatic heterocycles. The highest BCUT2D eigenvalue weighted by Gasteiger charge is 2.23. The molecule has 1 heterocycles. The van der Waals surface area contributed by atoms with E-state index in [2.05, 4.69) is 31.6 Å². The van der Waals surface area contributed by atoms with Crippen LogP contribution in [0, 0.1) is 5.82 Å². The quantitative estimate of drug-likeness (QED) is 0.544. The van der Waals surface area contributed by atoms with Crippen molar-refractivity contribution in [2.24, 2.45) is 10.7 Å². The fourth-order valence-electron chi connectivity index (χ4n) is 2.73. The van der Waals surface area contributed by atoms with Crippen molar-refractivity contribution in [2.45, 2.75) is 12.5 Å². The molecule has 1 atom stereocenters. The molecule has 0 fully saturated rings. The molecule has 3 rings (SSSR count). The highest BCUT2D eigenvalue weighted by atomic mass is 79.9. The van der Waals surface area contributed by atoms with Gasteiger partial charge in [0.05, 0.1) is 12.1 Å². The van der Waals surface area contributed by atoms with Crippen LogP contribution in [-0.4, -0.2) is 24.5 Å². The number of anilines is 1. The number of benzene rings is 2. The van der Waals surface area contributed by atoms with Gasteiger partial charge in [0.1, 0.15) is 11.9 Å². The molecule has 1 unspecified atom stereocenters. The summed E-state index contributed by atoms with van der Waals surface area (Å²) in [5.74, 6) is -0.234. The van der Waals surface area contributed by atoms with Gasteiger partial charge >= 0.3 is 0 Å². The van der Waals surface area contributed by atoms with E-state index in [0.29, 0.717) is 11.4 Å². The molecule has 0 radical (unpaired) electrons. The molecule has 0 saturated carbocycles. The highest BCUT2D eigenvalue weighted by Crippen LogP contribution is 2.27. The van der Waals surface area contributed by atoms with Crippen LogP contribution in [0.4, 0.5) is 10.1 Å². The number of aliphatic imine (C=N–C) groups is 1. The average molecular weight is 432 g/mol. The molecule has 6 N–H and O–H groups in total. The van der Waals surface area contributed by atoms with E-state index < -0.39 is 0 Å². The lowest BCUT2D eigenvalue weighted by atomic mass is 10.1. The molecular formula is C19H19BrFN5O. The van der Waals surface area contributed by atoms with Crippen molar-refractivity contribution >= 4 is 39.2 Å². The Labute approximate surface area is 164 Å². The summed E-state index contributed by atoms with van der Waals surface area (Å²) in [6, 6.07) is 12.8. The van der Waals surface area contributed by atoms with Crippen molar-refractivity contribution in [3.8, 4) is 0 Å². The van der Waals surface area contributed by atoms with Crippen molar-refractivity contribution in [2.75, 3.05) is 12.3 Å². The van der Waals surface area contributed by atoms with E-state index in [0.717, 1.165) is 15.6 Å². The molecule has 8 heteroatoms. The largest absolute Gasteiger partial charge is 0.399 e. The normalized spacial score (nSPS) is 16.5. The topological polar surface area (TPSA) is 106 Å². The van der Waals surface area contributed by atoms with E-state index in [-0.39, 0.29) is 36.7 Å². The van der Waals surface area contributed by atoms with Gasteiger partial charge in [0, 0.05) is 16.7 Å². The van der Waals surface area contributed by atoms with Crippen LogP contribution < -0.4 is 22.1 Å². The first-order valence-corrected chi connectivity index (χ1v) is 9.08. The van der Waals surface area contributed by atoms with Gasteiger partial charge in [0.25, 0.3) is 0 Å².